The second-order valence-electron chi connectivity index (χ2n) is 6.23. The van der Waals surface area contributed by atoms with Crippen LogP contribution in [-0.2, 0) is 23.9 Å². The number of nitrogens with zero attached hydrogens (tertiary/aromatic N) is 2. The summed E-state index contributed by atoms with van der Waals surface area (Å²) in [6, 6.07) is 5.68. The van der Waals surface area contributed by atoms with E-state index in [1.54, 1.807) is 4.90 Å². The second kappa shape index (κ2) is 6.90. The smallest absolute Gasteiger partial charge is 0.310 e. The Bertz CT molecular complexity index is 922. The minimum atomic E-state index is -4.75. The van der Waals surface area contributed by atoms with Gasteiger partial charge in [-0.3, -0.25) is 9.59 Å². The van der Waals surface area contributed by atoms with Crippen LogP contribution in [0.3, 0.4) is 0 Å². The Hall–Kier alpha value is -2.09. The molecule has 0 atom stereocenters. The molecular weight excluding hydrogens is 413 g/mol. The molecule has 1 aliphatic heterocycles. The molecule has 2 heterocycles. The average Bonchev–Trinajstić information content (AvgIpc) is 2.54. The van der Waals surface area contributed by atoms with E-state index in [9.17, 15) is 22.8 Å². The largest absolute Gasteiger partial charge is 0.421 e. The second-order valence-corrected chi connectivity index (χ2v) is 7.15. The Balaban J connectivity index is 1.93. The van der Waals surface area contributed by atoms with E-state index in [0.717, 1.165) is 50.8 Å². The predicted molar refractivity (Wildman–Crippen MR) is 95.3 cm³/mol. The van der Waals surface area contributed by atoms with Crippen LogP contribution in [0.25, 0.3) is 0 Å². The van der Waals surface area contributed by atoms with Crippen LogP contribution in [0, 0.1) is 6.92 Å². The quantitative estimate of drug-likeness (QED) is 0.727. The number of benzene rings is 1. The van der Waals surface area contributed by atoms with Gasteiger partial charge in [0.05, 0.1) is 0 Å². The standard InChI is InChI=1S/C18H16BrF3N2O2/c1-11-8-13(19)9-12-4-2-7-24(16(11)12)15(25)10-23-6-3-5-14(17(23)26)18(20,21)22/h3,5-6,8-9H,2,4,7,10H2,1H3. The van der Waals surface area contributed by atoms with E-state index >= 15 is 0 Å². The number of halogens is 4. The fourth-order valence-corrected chi connectivity index (χ4v) is 3.90. The summed E-state index contributed by atoms with van der Waals surface area (Å²) in [5.41, 5.74) is 0.209. The summed E-state index contributed by atoms with van der Waals surface area (Å²) in [6.07, 6.45) is -1.96. The van der Waals surface area contributed by atoms with Gasteiger partial charge in [-0.1, -0.05) is 15.9 Å². The highest BCUT2D eigenvalue weighted by Gasteiger charge is 2.34. The molecule has 0 radical (unpaired) electrons. The zero-order chi connectivity index (χ0) is 19.1. The van der Waals surface area contributed by atoms with Gasteiger partial charge in [0, 0.05) is 22.9 Å². The Morgan fingerprint density at radius 3 is 2.73 bits per heavy atom. The van der Waals surface area contributed by atoms with Gasteiger partial charge in [0.25, 0.3) is 5.56 Å². The molecule has 3 rings (SSSR count). The number of anilines is 1. The maximum Gasteiger partial charge on any atom is 0.421 e. The lowest BCUT2D eigenvalue weighted by Crippen LogP contribution is -2.40. The van der Waals surface area contributed by atoms with Gasteiger partial charge >= 0.3 is 6.18 Å². The zero-order valence-corrected chi connectivity index (χ0v) is 15.5. The van der Waals surface area contributed by atoms with Crippen molar-refractivity contribution in [2.45, 2.75) is 32.5 Å². The third-order valence-electron chi connectivity index (χ3n) is 4.37. The highest BCUT2D eigenvalue weighted by Crippen LogP contribution is 2.33. The van der Waals surface area contributed by atoms with Crippen LogP contribution in [0.2, 0.25) is 0 Å². The van der Waals surface area contributed by atoms with Crippen molar-refractivity contribution in [1.29, 1.82) is 0 Å². The molecule has 0 bridgehead atoms. The van der Waals surface area contributed by atoms with Crippen molar-refractivity contribution < 1.29 is 18.0 Å². The number of aryl methyl sites for hydroxylation is 2. The molecule has 0 fully saturated rings. The van der Waals surface area contributed by atoms with E-state index in [1.165, 1.54) is 6.20 Å². The summed E-state index contributed by atoms with van der Waals surface area (Å²) >= 11 is 3.43. The van der Waals surface area contributed by atoms with Crippen LogP contribution in [0.1, 0.15) is 23.1 Å². The first-order valence-electron chi connectivity index (χ1n) is 8.04. The molecule has 8 heteroatoms. The summed E-state index contributed by atoms with van der Waals surface area (Å²) in [4.78, 5) is 26.4. The number of carbonyl (C=O) groups is 1. The number of aromatic nitrogens is 1. The topological polar surface area (TPSA) is 42.3 Å². The summed E-state index contributed by atoms with van der Waals surface area (Å²) in [7, 11) is 0. The first kappa shape index (κ1) is 18.7. The van der Waals surface area contributed by atoms with Gasteiger partial charge in [-0.2, -0.15) is 13.2 Å². The minimum Gasteiger partial charge on any atom is -0.310 e. The zero-order valence-electron chi connectivity index (χ0n) is 13.9. The number of amides is 1. The van der Waals surface area contributed by atoms with E-state index in [2.05, 4.69) is 15.9 Å². The molecule has 2 aromatic rings. The van der Waals surface area contributed by atoms with E-state index < -0.39 is 29.8 Å². The van der Waals surface area contributed by atoms with Crippen LogP contribution in [0.15, 0.2) is 39.7 Å². The van der Waals surface area contributed by atoms with Crippen molar-refractivity contribution in [3.8, 4) is 0 Å². The Labute approximate surface area is 156 Å². The molecule has 1 amide bonds. The van der Waals surface area contributed by atoms with E-state index in [4.69, 9.17) is 0 Å². The lowest BCUT2D eigenvalue weighted by atomic mass is 9.98. The van der Waals surface area contributed by atoms with Gasteiger partial charge in [-0.05, 0) is 55.2 Å². The number of rotatable bonds is 2. The number of alkyl halides is 3. The fourth-order valence-electron chi connectivity index (χ4n) is 3.28. The lowest BCUT2D eigenvalue weighted by molar-refractivity contribution is -0.139. The van der Waals surface area contributed by atoms with Gasteiger partial charge < -0.3 is 9.47 Å². The number of carbonyl (C=O) groups excluding carboxylic acids is 1. The van der Waals surface area contributed by atoms with Gasteiger partial charge in [0.15, 0.2) is 0 Å². The highest BCUT2D eigenvalue weighted by molar-refractivity contribution is 9.10. The first-order chi connectivity index (χ1) is 12.2. The van der Waals surface area contributed by atoms with Crippen LogP contribution >= 0.6 is 15.9 Å². The van der Waals surface area contributed by atoms with Crippen molar-refractivity contribution in [2.75, 3.05) is 11.4 Å². The fraction of sp³-hybridized carbons (Fsp3) is 0.333. The predicted octanol–water partition coefficient (Wildman–Crippen LogP) is 3.92. The number of pyridine rings is 1. The summed E-state index contributed by atoms with van der Waals surface area (Å²) in [6.45, 7) is 1.92. The third kappa shape index (κ3) is 3.56. The lowest BCUT2D eigenvalue weighted by Gasteiger charge is -2.31. The molecule has 1 aromatic heterocycles. The molecule has 0 N–H and O–H groups in total. The molecule has 138 valence electrons. The van der Waals surface area contributed by atoms with E-state index in [1.807, 2.05) is 19.1 Å². The Morgan fingerprint density at radius 1 is 1.31 bits per heavy atom. The van der Waals surface area contributed by atoms with Gasteiger partial charge in [0.2, 0.25) is 5.91 Å². The summed E-state index contributed by atoms with van der Waals surface area (Å²) in [5.74, 6) is -0.405. The van der Waals surface area contributed by atoms with Crippen molar-refractivity contribution >= 4 is 27.5 Å². The Morgan fingerprint density at radius 2 is 2.04 bits per heavy atom. The maximum absolute atomic E-state index is 12.9. The number of hydrogen-bond donors (Lipinski definition) is 0. The first-order valence-corrected chi connectivity index (χ1v) is 8.84. The van der Waals surface area contributed by atoms with Crippen LogP contribution < -0.4 is 10.5 Å². The van der Waals surface area contributed by atoms with Gasteiger partial charge in [-0.15, -0.1) is 0 Å². The molecule has 1 aromatic carbocycles. The SMILES string of the molecule is Cc1cc(Br)cc2c1N(C(=O)Cn1cccc(C(F)(F)F)c1=O)CCC2. The van der Waals surface area contributed by atoms with Gasteiger partial charge in [0.1, 0.15) is 12.1 Å². The van der Waals surface area contributed by atoms with Crippen LogP contribution in [-0.4, -0.2) is 17.0 Å². The molecule has 0 unspecified atom stereocenters. The molecule has 0 aliphatic carbocycles. The molecule has 4 nitrogen and oxygen atoms in total. The van der Waals surface area contributed by atoms with E-state index in [0.29, 0.717) is 6.54 Å². The summed E-state index contributed by atoms with van der Waals surface area (Å²) < 4.78 is 40.4. The van der Waals surface area contributed by atoms with Crippen molar-refractivity contribution in [3.05, 3.63) is 62.0 Å². The number of fused-ring (bicyclic) bond motifs is 1. The molecule has 0 saturated carbocycles. The van der Waals surface area contributed by atoms with Gasteiger partial charge in [-0.25, -0.2) is 0 Å². The molecule has 0 saturated heterocycles. The average molecular weight is 429 g/mol. The third-order valence-corrected chi connectivity index (χ3v) is 4.83. The number of hydrogen-bond acceptors (Lipinski definition) is 2. The van der Waals surface area contributed by atoms with Crippen molar-refractivity contribution in [2.24, 2.45) is 0 Å². The van der Waals surface area contributed by atoms with Crippen molar-refractivity contribution in [1.82, 2.24) is 4.57 Å². The minimum absolute atomic E-state index is 0.405. The maximum atomic E-state index is 12.9. The molecule has 26 heavy (non-hydrogen) atoms. The van der Waals surface area contributed by atoms with Crippen molar-refractivity contribution in [3.63, 3.8) is 0 Å². The molecule has 0 spiro atoms. The Kier molecular flexibility index (Phi) is 4.96. The highest BCUT2D eigenvalue weighted by atomic mass is 79.9. The summed E-state index contributed by atoms with van der Waals surface area (Å²) in [5, 5.41) is 0. The normalized spacial score (nSPS) is 14.3. The van der Waals surface area contributed by atoms with Crippen LogP contribution in [0.4, 0.5) is 18.9 Å². The molecular formula is C18H16BrF3N2O2. The monoisotopic (exact) mass is 428 g/mol. The molecule has 1 aliphatic rings. The van der Waals surface area contributed by atoms with Crippen LogP contribution in [0.5, 0.6) is 0 Å². The van der Waals surface area contributed by atoms with E-state index in [-0.39, 0.29) is 0 Å².